The highest BCUT2D eigenvalue weighted by atomic mass is 16.5. The van der Waals surface area contributed by atoms with Gasteiger partial charge in [0.2, 0.25) is 0 Å². The van der Waals surface area contributed by atoms with Gasteiger partial charge in [0, 0.05) is 6.54 Å². The first kappa shape index (κ1) is 14.6. The van der Waals surface area contributed by atoms with Gasteiger partial charge in [0.05, 0.1) is 5.92 Å². The van der Waals surface area contributed by atoms with Gasteiger partial charge < -0.3 is 9.84 Å². The summed E-state index contributed by atoms with van der Waals surface area (Å²) in [5.41, 5.74) is 1.23. The fourth-order valence-corrected chi connectivity index (χ4v) is 2.44. The lowest BCUT2D eigenvalue weighted by Crippen LogP contribution is -2.35. The number of aliphatic carboxylic acids is 1. The Morgan fingerprint density at radius 2 is 2.00 bits per heavy atom. The minimum Gasteiger partial charge on any atom is -0.490 e. The Hall–Kier alpha value is -1.81. The summed E-state index contributed by atoms with van der Waals surface area (Å²) >= 11 is 0. The van der Waals surface area contributed by atoms with Gasteiger partial charge in [0.25, 0.3) is 0 Å². The maximum absolute atomic E-state index is 10.9. The normalized spacial score (nSPS) is 16.8. The summed E-state index contributed by atoms with van der Waals surface area (Å²) in [5.74, 6) is 0.0209. The molecule has 0 amide bonds. The lowest BCUT2D eigenvalue weighted by atomic mass is 9.97. The standard InChI is InChI=1S/C16H21NO3/c1-2-11-20-15-5-3-13(4-6-15)12-17-9-7-14(8-10-17)16(18)19/h2-6,14H,1,7-12H2,(H,18,19). The first-order valence-electron chi connectivity index (χ1n) is 6.97. The van der Waals surface area contributed by atoms with Gasteiger partial charge >= 0.3 is 5.97 Å². The minimum absolute atomic E-state index is 0.166. The molecule has 0 aliphatic carbocycles. The van der Waals surface area contributed by atoms with Crippen molar-refractivity contribution in [1.29, 1.82) is 0 Å². The van der Waals surface area contributed by atoms with Crippen molar-refractivity contribution >= 4 is 5.97 Å². The van der Waals surface area contributed by atoms with E-state index in [0.29, 0.717) is 6.61 Å². The molecule has 1 saturated heterocycles. The molecule has 1 heterocycles. The Bertz CT molecular complexity index is 447. The average molecular weight is 275 g/mol. The van der Waals surface area contributed by atoms with Crippen LogP contribution in [0.3, 0.4) is 0 Å². The van der Waals surface area contributed by atoms with Gasteiger partial charge in [-0.1, -0.05) is 24.8 Å². The molecule has 1 aliphatic heterocycles. The Labute approximate surface area is 119 Å². The average Bonchev–Trinajstić information content (AvgIpc) is 2.47. The minimum atomic E-state index is -0.659. The Morgan fingerprint density at radius 3 is 2.55 bits per heavy atom. The molecule has 0 atom stereocenters. The lowest BCUT2D eigenvalue weighted by molar-refractivity contribution is -0.143. The highest BCUT2D eigenvalue weighted by Gasteiger charge is 2.24. The van der Waals surface area contributed by atoms with Crippen LogP contribution in [0, 0.1) is 5.92 Å². The van der Waals surface area contributed by atoms with Gasteiger partial charge in [-0.15, -0.1) is 0 Å². The Balaban J connectivity index is 1.82. The third-order valence-corrected chi connectivity index (χ3v) is 3.63. The molecule has 108 valence electrons. The number of hydrogen-bond donors (Lipinski definition) is 1. The first-order valence-corrected chi connectivity index (χ1v) is 6.97. The van der Waals surface area contributed by atoms with E-state index in [2.05, 4.69) is 23.6 Å². The van der Waals surface area contributed by atoms with Crippen LogP contribution >= 0.6 is 0 Å². The number of nitrogens with zero attached hydrogens (tertiary/aromatic N) is 1. The number of carboxylic acids is 1. The molecule has 2 rings (SSSR count). The van der Waals surface area contributed by atoms with Gasteiger partial charge in [-0.25, -0.2) is 0 Å². The van der Waals surface area contributed by atoms with E-state index >= 15 is 0 Å². The summed E-state index contributed by atoms with van der Waals surface area (Å²) in [5, 5.41) is 8.98. The van der Waals surface area contributed by atoms with Crippen LogP contribution in [0.4, 0.5) is 0 Å². The fraction of sp³-hybridized carbons (Fsp3) is 0.438. The largest absolute Gasteiger partial charge is 0.490 e. The molecule has 4 nitrogen and oxygen atoms in total. The maximum Gasteiger partial charge on any atom is 0.306 e. The zero-order valence-corrected chi connectivity index (χ0v) is 11.6. The third kappa shape index (κ3) is 4.10. The third-order valence-electron chi connectivity index (χ3n) is 3.63. The molecule has 1 fully saturated rings. The van der Waals surface area contributed by atoms with E-state index in [1.807, 2.05) is 12.1 Å². The van der Waals surface area contributed by atoms with Crippen LogP contribution < -0.4 is 4.74 Å². The van der Waals surface area contributed by atoms with Crippen LogP contribution in [0.5, 0.6) is 5.75 Å². The second kappa shape index (κ2) is 7.10. The smallest absolute Gasteiger partial charge is 0.306 e. The summed E-state index contributed by atoms with van der Waals surface area (Å²) in [6.07, 6.45) is 3.21. The number of hydrogen-bond acceptors (Lipinski definition) is 3. The molecule has 0 aromatic heterocycles. The monoisotopic (exact) mass is 275 g/mol. The van der Waals surface area contributed by atoms with Crippen molar-refractivity contribution in [2.75, 3.05) is 19.7 Å². The summed E-state index contributed by atoms with van der Waals surface area (Å²) in [4.78, 5) is 13.2. The number of ether oxygens (including phenoxy) is 1. The second-order valence-corrected chi connectivity index (χ2v) is 5.13. The quantitative estimate of drug-likeness (QED) is 0.811. The molecular weight excluding hydrogens is 254 g/mol. The van der Waals surface area contributed by atoms with E-state index < -0.39 is 5.97 Å². The van der Waals surface area contributed by atoms with Crippen LogP contribution in [0.2, 0.25) is 0 Å². The lowest BCUT2D eigenvalue weighted by Gasteiger charge is -2.30. The van der Waals surface area contributed by atoms with Crippen molar-refractivity contribution in [1.82, 2.24) is 4.90 Å². The zero-order chi connectivity index (χ0) is 14.4. The molecule has 0 radical (unpaired) electrons. The molecule has 1 aromatic rings. The SMILES string of the molecule is C=CCOc1ccc(CN2CCC(C(=O)O)CC2)cc1. The molecule has 0 unspecified atom stereocenters. The van der Waals surface area contributed by atoms with Crippen LogP contribution in [0.1, 0.15) is 18.4 Å². The van der Waals surface area contributed by atoms with Gasteiger partial charge in [-0.2, -0.15) is 0 Å². The molecule has 1 N–H and O–H groups in total. The van der Waals surface area contributed by atoms with E-state index in [1.165, 1.54) is 5.56 Å². The summed E-state index contributed by atoms with van der Waals surface area (Å²) in [6.45, 7) is 6.71. The van der Waals surface area contributed by atoms with Crippen LogP contribution in [-0.2, 0) is 11.3 Å². The Kier molecular flexibility index (Phi) is 5.18. The van der Waals surface area contributed by atoms with Gasteiger partial charge in [-0.05, 0) is 43.6 Å². The van der Waals surface area contributed by atoms with Gasteiger partial charge in [0.15, 0.2) is 0 Å². The Morgan fingerprint density at radius 1 is 1.35 bits per heavy atom. The molecular formula is C16H21NO3. The number of carboxylic acid groups (broad SMARTS) is 1. The molecule has 0 bridgehead atoms. The van der Waals surface area contributed by atoms with Crippen LogP contribution in [0.15, 0.2) is 36.9 Å². The van der Waals surface area contributed by atoms with Gasteiger partial charge in [-0.3, -0.25) is 9.69 Å². The predicted octanol–water partition coefficient (Wildman–Crippen LogP) is 2.55. The number of carbonyl (C=O) groups is 1. The number of rotatable bonds is 6. The van der Waals surface area contributed by atoms with E-state index in [-0.39, 0.29) is 5.92 Å². The molecule has 0 spiro atoms. The summed E-state index contributed by atoms with van der Waals surface area (Å²) < 4.78 is 5.44. The van der Waals surface area contributed by atoms with Crippen molar-refractivity contribution in [2.24, 2.45) is 5.92 Å². The van der Waals surface area contributed by atoms with Gasteiger partial charge in [0.1, 0.15) is 12.4 Å². The van der Waals surface area contributed by atoms with E-state index in [1.54, 1.807) is 6.08 Å². The maximum atomic E-state index is 10.9. The number of benzene rings is 1. The van der Waals surface area contributed by atoms with Crippen molar-refractivity contribution in [3.8, 4) is 5.75 Å². The molecule has 1 aromatic carbocycles. The van der Waals surface area contributed by atoms with Crippen LogP contribution in [-0.4, -0.2) is 35.7 Å². The number of likely N-dealkylation sites (tertiary alicyclic amines) is 1. The summed E-state index contributed by atoms with van der Waals surface area (Å²) in [6, 6.07) is 8.04. The van der Waals surface area contributed by atoms with Crippen molar-refractivity contribution < 1.29 is 14.6 Å². The number of piperidine rings is 1. The van der Waals surface area contributed by atoms with E-state index in [9.17, 15) is 4.79 Å². The van der Waals surface area contributed by atoms with Crippen LogP contribution in [0.25, 0.3) is 0 Å². The first-order chi connectivity index (χ1) is 9.69. The van der Waals surface area contributed by atoms with E-state index in [4.69, 9.17) is 9.84 Å². The highest BCUT2D eigenvalue weighted by molar-refractivity contribution is 5.70. The molecule has 4 heteroatoms. The van der Waals surface area contributed by atoms with Crippen molar-refractivity contribution in [2.45, 2.75) is 19.4 Å². The van der Waals surface area contributed by atoms with E-state index in [0.717, 1.165) is 38.2 Å². The predicted molar refractivity (Wildman–Crippen MR) is 77.8 cm³/mol. The molecule has 20 heavy (non-hydrogen) atoms. The zero-order valence-electron chi connectivity index (χ0n) is 11.6. The van der Waals surface area contributed by atoms with Crippen molar-refractivity contribution in [3.63, 3.8) is 0 Å². The summed E-state index contributed by atoms with van der Waals surface area (Å²) in [7, 11) is 0. The fourth-order valence-electron chi connectivity index (χ4n) is 2.44. The highest BCUT2D eigenvalue weighted by Crippen LogP contribution is 2.20. The molecule has 1 aliphatic rings. The van der Waals surface area contributed by atoms with Crippen molar-refractivity contribution in [3.05, 3.63) is 42.5 Å². The molecule has 0 saturated carbocycles. The second-order valence-electron chi connectivity index (χ2n) is 5.13. The topological polar surface area (TPSA) is 49.8 Å².